The third-order valence-corrected chi connectivity index (χ3v) is 4.53. The molecular weight excluding hydrogens is 324 g/mol. The fraction of sp³-hybridized carbons (Fsp3) is 0.118. The SMILES string of the molecule is CSc1n[n+]2c(c(=O)[nH]1)-c1ccccc1N[C@@H]2c1cccc(O)c1. The minimum absolute atomic E-state index is 0.172. The Bertz CT molecular complexity index is 986. The molecule has 0 saturated heterocycles. The molecule has 0 saturated carbocycles. The van der Waals surface area contributed by atoms with Gasteiger partial charge in [0.2, 0.25) is 5.16 Å². The maximum atomic E-state index is 12.6. The molecule has 4 rings (SSSR count). The van der Waals surface area contributed by atoms with Crippen LogP contribution in [0.2, 0.25) is 0 Å². The number of rotatable bonds is 2. The lowest BCUT2D eigenvalue weighted by molar-refractivity contribution is -0.759. The number of para-hydroxylation sites is 1. The second-order valence-electron chi connectivity index (χ2n) is 5.44. The molecule has 1 aromatic heterocycles. The van der Waals surface area contributed by atoms with Gasteiger partial charge in [-0.1, -0.05) is 30.0 Å². The number of nitrogens with one attached hydrogen (secondary N) is 2. The number of phenolic OH excluding ortho intramolecular Hbond substituents is 1. The summed E-state index contributed by atoms with van der Waals surface area (Å²) in [6.45, 7) is 0. The van der Waals surface area contributed by atoms with E-state index in [4.69, 9.17) is 0 Å². The smallest absolute Gasteiger partial charge is 0.325 e. The van der Waals surface area contributed by atoms with Gasteiger partial charge in [-0.3, -0.25) is 9.78 Å². The molecule has 0 amide bonds. The average Bonchev–Trinajstić information content (AvgIpc) is 2.60. The molecular formula is C17H15N4O2S+. The third-order valence-electron chi connectivity index (χ3n) is 3.96. The fourth-order valence-corrected chi connectivity index (χ4v) is 3.27. The van der Waals surface area contributed by atoms with E-state index >= 15 is 0 Å². The Morgan fingerprint density at radius 1 is 1.21 bits per heavy atom. The largest absolute Gasteiger partial charge is 0.508 e. The molecule has 1 atom stereocenters. The summed E-state index contributed by atoms with van der Waals surface area (Å²) in [4.78, 5) is 15.5. The number of nitrogens with zero attached hydrogens (tertiary/aromatic N) is 2. The van der Waals surface area contributed by atoms with Crippen molar-refractivity contribution >= 4 is 17.4 Å². The van der Waals surface area contributed by atoms with Crippen molar-refractivity contribution in [2.45, 2.75) is 11.3 Å². The zero-order valence-corrected chi connectivity index (χ0v) is 13.7. The third kappa shape index (κ3) is 2.33. The van der Waals surface area contributed by atoms with E-state index in [0.29, 0.717) is 10.9 Å². The minimum Gasteiger partial charge on any atom is -0.508 e. The highest BCUT2D eigenvalue weighted by atomic mass is 32.2. The van der Waals surface area contributed by atoms with Crippen LogP contribution in [0.5, 0.6) is 5.75 Å². The van der Waals surface area contributed by atoms with Crippen molar-refractivity contribution in [3.8, 4) is 17.0 Å². The summed E-state index contributed by atoms with van der Waals surface area (Å²) in [6, 6.07) is 14.6. The Morgan fingerprint density at radius 3 is 2.83 bits per heavy atom. The monoisotopic (exact) mass is 339 g/mol. The van der Waals surface area contributed by atoms with Crippen molar-refractivity contribution < 1.29 is 9.79 Å². The van der Waals surface area contributed by atoms with Crippen LogP contribution in [0, 0.1) is 0 Å². The molecule has 0 aliphatic carbocycles. The number of fused-ring (bicyclic) bond motifs is 3. The summed E-state index contributed by atoms with van der Waals surface area (Å²) >= 11 is 1.37. The van der Waals surface area contributed by atoms with Crippen molar-refractivity contribution in [2.75, 3.05) is 11.6 Å². The summed E-state index contributed by atoms with van der Waals surface area (Å²) < 4.78 is 1.68. The maximum Gasteiger partial charge on any atom is 0.325 e. The summed E-state index contributed by atoms with van der Waals surface area (Å²) in [5.74, 6) is 0.172. The normalized spacial score (nSPS) is 15.3. The summed E-state index contributed by atoms with van der Waals surface area (Å²) in [7, 11) is 0. The van der Waals surface area contributed by atoms with Gasteiger partial charge in [-0.2, -0.15) is 0 Å². The molecule has 2 aromatic carbocycles. The van der Waals surface area contributed by atoms with Crippen LogP contribution in [0.25, 0.3) is 11.3 Å². The molecule has 0 fully saturated rings. The fourth-order valence-electron chi connectivity index (χ4n) is 2.90. The molecule has 0 bridgehead atoms. The van der Waals surface area contributed by atoms with Crippen molar-refractivity contribution in [2.24, 2.45) is 0 Å². The van der Waals surface area contributed by atoms with Gasteiger partial charge in [-0.05, 0) is 41.3 Å². The van der Waals surface area contributed by atoms with E-state index in [-0.39, 0.29) is 17.5 Å². The van der Waals surface area contributed by atoms with Gasteiger partial charge in [-0.25, -0.2) is 0 Å². The van der Waals surface area contributed by atoms with Crippen molar-refractivity contribution in [3.63, 3.8) is 0 Å². The van der Waals surface area contributed by atoms with Crippen LogP contribution in [-0.2, 0) is 0 Å². The predicted molar refractivity (Wildman–Crippen MR) is 92.1 cm³/mol. The lowest BCUT2D eigenvalue weighted by Crippen LogP contribution is -2.55. The highest BCUT2D eigenvalue weighted by molar-refractivity contribution is 7.98. The number of hydrogen-bond donors (Lipinski definition) is 3. The van der Waals surface area contributed by atoms with Gasteiger partial charge in [0, 0.05) is 10.7 Å². The van der Waals surface area contributed by atoms with Gasteiger partial charge in [0.15, 0.2) is 0 Å². The number of aromatic amines is 1. The van der Waals surface area contributed by atoms with Crippen molar-refractivity contribution in [1.82, 2.24) is 10.1 Å². The van der Waals surface area contributed by atoms with Gasteiger partial charge in [0.1, 0.15) is 5.75 Å². The first-order valence-electron chi connectivity index (χ1n) is 7.42. The Morgan fingerprint density at radius 2 is 2.04 bits per heavy atom. The van der Waals surface area contributed by atoms with E-state index in [2.05, 4.69) is 15.4 Å². The summed E-state index contributed by atoms with van der Waals surface area (Å²) in [6.07, 6.45) is 1.48. The first-order chi connectivity index (χ1) is 11.7. The van der Waals surface area contributed by atoms with Crippen LogP contribution in [0.3, 0.4) is 0 Å². The van der Waals surface area contributed by atoms with Crippen LogP contribution in [0.1, 0.15) is 11.7 Å². The van der Waals surface area contributed by atoms with E-state index in [1.165, 1.54) is 11.8 Å². The van der Waals surface area contributed by atoms with Crippen molar-refractivity contribution in [3.05, 3.63) is 64.4 Å². The number of aromatic hydroxyl groups is 1. The molecule has 3 aromatic rings. The average molecular weight is 339 g/mol. The quantitative estimate of drug-likeness (QED) is 0.492. The second-order valence-corrected chi connectivity index (χ2v) is 6.24. The van der Waals surface area contributed by atoms with Gasteiger partial charge in [0.25, 0.3) is 6.17 Å². The highest BCUT2D eigenvalue weighted by Gasteiger charge is 2.37. The van der Waals surface area contributed by atoms with Crippen molar-refractivity contribution in [1.29, 1.82) is 0 Å². The van der Waals surface area contributed by atoms with Crippen LogP contribution in [-0.4, -0.2) is 21.4 Å². The molecule has 0 unspecified atom stereocenters. The molecule has 1 aliphatic rings. The van der Waals surface area contributed by atoms with Crippen LogP contribution >= 0.6 is 11.8 Å². The molecule has 120 valence electrons. The molecule has 2 heterocycles. The number of phenols is 1. The van der Waals surface area contributed by atoms with E-state index in [9.17, 15) is 9.90 Å². The maximum absolute atomic E-state index is 12.6. The molecule has 6 nitrogen and oxygen atoms in total. The lowest BCUT2D eigenvalue weighted by atomic mass is 10.0. The van der Waals surface area contributed by atoms with Crippen LogP contribution < -0.4 is 15.6 Å². The summed E-state index contributed by atoms with van der Waals surface area (Å²) in [5, 5.41) is 18.3. The Balaban J connectivity index is 2.00. The number of benzene rings is 2. The van der Waals surface area contributed by atoms with Gasteiger partial charge in [0.05, 0.1) is 11.3 Å². The zero-order chi connectivity index (χ0) is 16.7. The van der Waals surface area contributed by atoms with Crippen LogP contribution in [0.4, 0.5) is 5.69 Å². The zero-order valence-electron chi connectivity index (χ0n) is 12.9. The number of hydrogen-bond acceptors (Lipinski definition) is 5. The Labute approximate surface area is 142 Å². The molecule has 1 aliphatic heterocycles. The topological polar surface area (TPSA) is 81.9 Å². The number of H-pyrrole nitrogens is 1. The van der Waals surface area contributed by atoms with Crippen LogP contribution in [0.15, 0.2) is 58.5 Å². The molecule has 7 heteroatoms. The minimum atomic E-state index is -0.379. The molecule has 24 heavy (non-hydrogen) atoms. The van der Waals surface area contributed by atoms with E-state index < -0.39 is 0 Å². The summed E-state index contributed by atoms with van der Waals surface area (Å²) in [5.41, 5.74) is 2.79. The number of thioether (sulfide) groups is 1. The first kappa shape index (κ1) is 14.8. The van der Waals surface area contributed by atoms with E-state index in [1.54, 1.807) is 22.9 Å². The number of aromatic nitrogens is 3. The predicted octanol–water partition coefficient (Wildman–Crippen LogP) is 2.12. The Hall–Kier alpha value is -2.80. The molecule has 3 N–H and O–H groups in total. The lowest BCUT2D eigenvalue weighted by Gasteiger charge is -2.22. The van der Waals surface area contributed by atoms with E-state index in [1.807, 2.05) is 36.6 Å². The molecule has 0 radical (unpaired) electrons. The van der Waals surface area contributed by atoms with Gasteiger partial charge >= 0.3 is 11.3 Å². The highest BCUT2D eigenvalue weighted by Crippen LogP contribution is 2.32. The molecule has 0 spiro atoms. The Kier molecular flexibility index (Phi) is 3.50. The number of anilines is 1. The standard InChI is InChI=1S/C17H14N4O2S/c1-24-17-19-16(23)14-12-7-2-3-8-13(12)18-15(21(14)20-17)10-5-4-6-11(22)9-10/h2-9,15H,1H3,(H2,19,20,22,23)/p+1/t15-/m0/s1. The first-order valence-corrected chi connectivity index (χ1v) is 8.65. The second kappa shape index (κ2) is 5.68. The van der Waals surface area contributed by atoms with Gasteiger partial charge in [-0.15, -0.1) is 0 Å². The van der Waals surface area contributed by atoms with Gasteiger partial charge < -0.3 is 10.4 Å². The van der Waals surface area contributed by atoms with E-state index in [0.717, 1.165) is 16.8 Å².